The van der Waals surface area contributed by atoms with Crippen LogP contribution in [-0.2, 0) is 13.0 Å². The molecule has 0 amide bonds. The molecule has 0 aliphatic carbocycles. The summed E-state index contributed by atoms with van der Waals surface area (Å²) in [4.78, 5) is 4.37. The summed E-state index contributed by atoms with van der Waals surface area (Å²) in [6.07, 6.45) is 0.891. The van der Waals surface area contributed by atoms with Crippen molar-refractivity contribution in [3.63, 3.8) is 0 Å². The van der Waals surface area contributed by atoms with E-state index in [1.165, 1.54) is 22.7 Å². The maximum absolute atomic E-state index is 4.37. The molecule has 0 radical (unpaired) electrons. The Hall–Kier alpha value is -1.42. The average Bonchev–Trinajstić information content (AvgIpc) is 2.76. The molecule has 2 aromatic rings. The zero-order valence-corrected chi connectivity index (χ0v) is 10.3. The first-order valence-electron chi connectivity index (χ1n) is 5.40. The zero-order valence-electron chi connectivity index (χ0n) is 9.53. The van der Waals surface area contributed by atoms with Gasteiger partial charge in [0.05, 0.1) is 0 Å². The monoisotopic (exact) mass is 233 g/mol. The van der Waals surface area contributed by atoms with Gasteiger partial charge in [-0.25, -0.2) is 4.98 Å². The van der Waals surface area contributed by atoms with Crippen molar-refractivity contribution in [1.29, 1.82) is 0 Å². The molecular weight excluding hydrogens is 218 g/mol. The van der Waals surface area contributed by atoms with Gasteiger partial charge in [0.25, 0.3) is 0 Å². The van der Waals surface area contributed by atoms with E-state index in [9.17, 15) is 0 Å². The molecule has 0 spiro atoms. The molecule has 0 saturated carbocycles. The minimum atomic E-state index is 0.811. The second-order valence-corrected chi connectivity index (χ2v) is 4.40. The van der Waals surface area contributed by atoms with Gasteiger partial charge >= 0.3 is 0 Å². The highest BCUT2D eigenvalue weighted by molar-refractivity contribution is 7.09. The Morgan fingerprint density at radius 3 is 2.81 bits per heavy atom. The van der Waals surface area contributed by atoms with Crippen molar-refractivity contribution in [2.24, 2.45) is 0 Å². The molecule has 3 nitrogen and oxygen atoms in total. The summed E-state index contributed by atoms with van der Waals surface area (Å²) in [7, 11) is 0. The fraction of sp³-hybridized carbons (Fsp3) is 0.333. The first kappa shape index (κ1) is 11.1. The highest BCUT2D eigenvalue weighted by Crippen LogP contribution is 2.14. The predicted molar refractivity (Wildman–Crippen MR) is 67.8 cm³/mol. The van der Waals surface area contributed by atoms with E-state index in [-0.39, 0.29) is 0 Å². The largest absolute Gasteiger partial charge is 0.356 e. The van der Waals surface area contributed by atoms with E-state index in [0.717, 1.165) is 23.9 Å². The molecule has 0 aliphatic heterocycles. The maximum Gasteiger partial charge on any atom is 0.202 e. The van der Waals surface area contributed by atoms with Gasteiger partial charge < -0.3 is 5.32 Å². The van der Waals surface area contributed by atoms with Gasteiger partial charge in [-0.05, 0) is 18.1 Å². The third-order valence-electron chi connectivity index (χ3n) is 2.48. The maximum atomic E-state index is 4.37. The molecule has 0 unspecified atom stereocenters. The first-order chi connectivity index (χ1) is 7.79. The van der Waals surface area contributed by atoms with E-state index in [1.54, 1.807) is 0 Å². The number of rotatable bonds is 4. The molecule has 2 rings (SSSR count). The standard InChI is InChI=1S/C12H15N3S/c1-3-11-14-12(16-15-11)13-8-10-7-5-4-6-9(10)2/h4-7H,3,8H2,1-2H3,(H,13,14,15). The van der Waals surface area contributed by atoms with E-state index in [2.05, 4.69) is 52.8 Å². The van der Waals surface area contributed by atoms with Crippen LogP contribution in [0.3, 0.4) is 0 Å². The summed E-state index contributed by atoms with van der Waals surface area (Å²) in [5.74, 6) is 0.914. The molecule has 1 heterocycles. The van der Waals surface area contributed by atoms with Crippen molar-refractivity contribution in [3.8, 4) is 0 Å². The average molecular weight is 233 g/mol. The van der Waals surface area contributed by atoms with Crippen molar-refractivity contribution < 1.29 is 0 Å². The number of aryl methyl sites for hydroxylation is 2. The van der Waals surface area contributed by atoms with Crippen LogP contribution in [-0.4, -0.2) is 9.36 Å². The molecule has 1 aromatic heterocycles. The number of anilines is 1. The van der Waals surface area contributed by atoms with Gasteiger partial charge in [-0.15, -0.1) is 0 Å². The Balaban J connectivity index is 1.99. The topological polar surface area (TPSA) is 37.8 Å². The van der Waals surface area contributed by atoms with Gasteiger partial charge in [0.1, 0.15) is 5.82 Å². The molecule has 0 fully saturated rings. The van der Waals surface area contributed by atoms with Gasteiger partial charge in [0, 0.05) is 24.5 Å². The lowest BCUT2D eigenvalue weighted by Gasteiger charge is -2.05. The van der Waals surface area contributed by atoms with Crippen LogP contribution < -0.4 is 5.32 Å². The van der Waals surface area contributed by atoms with Gasteiger partial charge in [0.15, 0.2) is 0 Å². The molecule has 16 heavy (non-hydrogen) atoms. The normalized spacial score (nSPS) is 10.4. The van der Waals surface area contributed by atoms with Crippen LogP contribution in [0.25, 0.3) is 0 Å². The minimum Gasteiger partial charge on any atom is -0.356 e. The number of nitrogens with one attached hydrogen (secondary N) is 1. The summed E-state index contributed by atoms with van der Waals surface area (Å²) < 4.78 is 4.24. The Morgan fingerprint density at radius 1 is 1.31 bits per heavy atom. The SMILES string of the molecule is CCc1nsc(NCc2ccccc2C)n1. The third kappa shape index (κ3) is 2.58. The van der Waals surface area contributed by atoms with Crippen LogP contribution >= 0.6 is 11.5 Å². The van der Waals surface area contributed by atoms with Crippen LogP contribution in [0.15, 0.2) is 24.3 Å². The Kier molecular flexibility index (Phi) is 3.51. The number of benzene rings is 1. The van der Waals surface area contributed by atoms with Crippen LogP contribution in [0, 0.1) is 6.92 Å². The lowest BCUT2D eigenvalue weighted by Crippen LogP contribution is -2.00. The molecule has 1 N–H and O–H groups in total. The van der Waals surface area contributed by atoms with Gasteiger partial charge in [-0.2, -0.15) is 4.37 Å². The van der Waals surface area contributed by atoms with E-state index < -0.39 is 0 Å². The van der Waals surface area contributed by atoms with Crippen molar-refractivity contribution in [1.82, 2.24) is 9.36 Å². The molecule has 84 valence electrons. The summed E-state index contributed by atoms with van der Waals surface area (Å²) in [5.41, 5.74) is 2.60. The van der Waals surface area contributed by atoms with Crippen molar-refractivity contribution in [2.75, 3.05) is 5.32 Å². The van der Waals surface area contributed by atoms with E-state index >= 15 is 0 Å². The van der Waals surface area contributed by atoms with E-state index in [1.807, 2.05) is 0 Å². The fourth-order valence-corrected chi connectivity index (χ4v) is 2.09. The molecule has 0 atom stereocenters. The molecular formula is C12H15N3S. The number of hydrogen-bond acceptors (Lipinski definition) is 4. The summed E-state index contributed by atoms with van der Waals surface area (Å²) in [6.45, 7) is 4.99. The first-order valence-corrected chi connectivity index (χ1v) is 6.18. The molecule has 4 heteroatoms. The van der Waals surface area contributed by atoms with Gasteiger partial charge in [-0.1, -0.05) is 31.2 Å². The zero-order chi connectivity index (χ0) is 11.4. The molecule has 1 aromatic carbocycles. The number of hydrogen-bond donors (Lipinski definition) is 1. The Labute approximate surface area is 99.7 Å². The highest BCUT2D eigenvalue weighted by Gasteiger charge is 2.02. The predicted octanol–water partition coefficient (Wildman–Crippen LogP) is 3.02. The van der Waals surface area contributed by atoms with Crippen molar-refractivity contribution in [3.05, 3.63) is 41.2 Å². The van der Waals surface area contributed by atoms with Crippen LogP contribution in [0.1, 0.15) is 23.9 Å². The van der Waals surface area contributed by atoms with Crippen LogP contribution in [0.2, 0.25) is 0 Å². The van der Waals surface area contributed by atoms with E-state index in [0.29, 0.717) is 0 Å². The Morgan fingerprint density at radius 2 is 2.12 bits per heavy atom. The number of nitrogens with zero attached hydrogens (tertiary/aromatic N) is 2. The summed E-state index contributed by atoms with van der Waals surface area (Å²) in [6, 6.07) is 8.36. The second kappa shape index (κ2) is 5.07. The summed E-state index contributed by atoms with van der Waals surface area (Å²) in [5, 5.41) is 4.20. The van der Waals surface area contributed by atoms with Crippen molar-refractivity contribution >= 4 is 16.7 Å². The lowest BCUT2D eigenvalue weighted by molar-refractivity contribution is 0.991. The smallest absolute Gasteiger partial charge is 0.202 e. The van der Waals surface area contributed by atoms with Gasteiger partial charge in [0.2, 0.25) is 5.13 Å². The minimum absolute atomic E-state index is 0.811. The molecule has 0 bridgehead atoms. The molecule has 0 aliphatic rings. The van der Waals surface area contributed by atoms with Crippen molar-refractivity contribution in [2.45, 2.75) is 26.8 Å². The quantitative estimate of drug-likeness (QED) is 0.882. The van der Waals surface area contributed by atoms with Gasteiger partial charge in [-0.3, -0.25) is 0 Å². The van der Waals surface area contributed by atoms with Crippen LogP contribution in [0.5, 0.6) is 0 Å². The third-order valence-corrected chi connectivity index (χ3v) is 3.19. The Bertz CT molecular complexity index is 465. The highest BCUT2D eigenvalue weighted by atomic mass is 32.1. The van der Waals surface area contributed by atoms with Crippen LogP contribution in [0.4, 0.5) is 5.13 Å². The number of aromatic nitrogens is 2. The van der Waals surface area contributed by atoms with E-state index in [4.69, 9.17) is 0 Å². The second-order valence-electron chi connectivity index (χ2n) is 3.65. The lowest BCUT2D eigenvalue weighted by atomic mass is 10.1. The fourth-order valence-electron chi connectivity index (χ4n) is 1.45. The molecule has 0 saturated heterocycles. The summed E-state index contributed by atoms with van der Waals surface area (Å²) >= 11 is 1.43.